The second kappa shape index (κ2) is 6.91. The lowest BCUT2D eigenvalue weighted by Crippen LogP contribution is -2.30. The van der Waals surface area contributed by atoms with E-state index in [2.05, 4.69) is 4.72 Å². The number of hydrogen-bond acceptors (Lipinski definition) is 3. The lowest BCUT2D eigenvalue weighted by atomic mass is 10.0. The number of benzene rings is 3. The van der Waals surface area contributed by atoms with Crippen LogP contribution in [0.25, 0.3) is 11.1 Å². The Kier molecular flexibility index (Phi) is 4.67. The van der Waals surface area contributed by atoms with Crippen molar-refractivity contribution in [1.82, 2.24) is 4.72 Å². The van der Waals surface area contributed by atoms with Crippen LogP contribution in [0, 0.1) is 6.92 Å². The zero-order chi connectivity index (χ0) is 17.9. The first kappa shape index (κ1) is 16.9. The minimum Gasteiger partial charge on any atom is -0.268 e. The fraction of sp³-hybridized carbons (Fsp3) is 0.0500. The highest BCUT2D eigenvalue weighted by atomic mass is 32.2. The molecule has 25 heavy (non-hydrogen) atoms. The highest BCUT2D eigenvalue weighted by Gasteiger charge is 2.22. The van der Waals surface area contributed by atoms with Gasteiger partial charge >= 0.3 is 0 Å². The van der Waals surface area contributed by atoms with Crippen LogP contribution in [0.15, 0.2) is 83.8 Å². The van der Waals surface area contributed by atoms with Crippen molar-refractivity contribution in [3.63, 3.8) is 0 Å². The van der Waals surface area contributed by atoms with E-state index in [1.807, 2.05) is 37.3 Å². The van der Waals surface area contributed by atoms with Crippen LogP contribution in [0.3, 0.4) is 0 Å². The number of carbonyl (C=O) groups is 1. The first-order valence-corrected chi connectivity index (χ1v) is 9.24. The number of hydrogen-bond donors (Lipinski definition) is 1. The molecule has 4 nitrogen and oxygen atoms in total. The van der Waals surface area contributed by atoms with E-state index in [0.29, 0.717) is 11.1 Å². The normalized spacial score (nSPS) is 11.1. The standard InChI is InChI=1S/C20H17NO3S/c1-15-12-13-19(18(14-15)16-8-4-2-5-9-16)25(23,24)21-20(22)17-10-6-3-7-11-17/h2-14H,1H3,(H,21,22). The Morgan fingerprint density at radius 2 is 1.44 bits per heavy atom. The summed E-state index contributed by atoms with van der Waals surface area (Å²) in [7, 11) is -4.00. The lowest BCUT2D eigenvalue weighted by molar-refractivity contribution is 0.0981. The van der Waals surface area contributed by atoms with Crippen molar-refractivity contribution in [2.45, 2.75) is 11.8 Å². The van der Waals surface area contributed by atoms with Crippen LogP contribution in [0.1, 0.15) is 15.9 Å². The fourth-order valence-corrected chi connectivity index (χ4v) is 3.73. The molecule has 0 aromatic heterocycles. The topological polar surface area (TPSA) is 63.2 Å². The van der Waals surface area contributed by atoms with Gasteiger partial charge in [0.15, 0.2) is 0 Å². The summed E-state index contributed by atoms with van der Waals surface area (Å²) >= 11 is 0. The van der Waals surface area contributed by atoms with Crippen molar-refractivity contribution in [2.75, 3.05) is 0 Å². The minimum atomic E-state index is -4.00. The molecule has 0 saturated carbocycles. The third kappa shape index (κ3) is 3.78. The predicted octanol–water partition coefficient (Wildman–Crippen LogP) is 3.78. The SMILES string of the molecule is Cc1ccc(S(=O)(=O)NC(=O)c2ccccc2)c(-c2ccccc2)c1. The largest absolute Gasteiger partial charge is 0.268 e. The number of aryl methyl sites for hydroxylation is 1. The number of amides is 1. The van der Waals surface area contributed by atoms with Gasteiger partial charge in [0, 0.05) is 11.1 Å². The van der Waals surface area contributed by atoms with Gasteiger partial charge in [0.1, 0.15) is 0 Å². The summed E-state index contributed by atoms with van der Waals surface area (Å²) in [6.45, 7) is 1.89. The van der Waals surface area contributed by atoms with Gasteiger partial charge in [-0.2, -0.15) is 0 Å². The minimum absolute atomic E-state index is 0.0774. The molecule has 0 unspecified atom stereocenters. The molecule has 5 heteroatoms. The third-order valence-corrected chi connectivity index (χ3v) is 5.16. The van der Waals surface area contributed by atoms with Gasteiger partial charge in [-0.25, -0.2) is 13.1 Å². The summed E-state index contributed by atoms with van der Waals surface area (Å²) in [5, 5.41) is 0. The number of nitrogens with one attached hydrogen (secondary N) is 1. The highest BCUT2D eigenvalue weighted by molar-refractivity contribution is 7.90. The molecule has 0 atom stereocenters. The third-order valence-electron chi connectivity index (χ3n) is 3.77. The van der Waals surface area contributed by atoms with Crippen LogP contribution < -0.4 is 4.72 Å². The van der Waals surface area contributed by atoms with E-state index < -0.39 is 15.9 Å². The molecular formula is C20H17NO3S. The van der Waals surface area contributed by atoms with Gasteiger partial charge in [-0.1, -0.05) is 66.2 Å². The Hall–Kier alpha value is -2.92. The van der Waals surface area contributed by atoms with Gasteiger partial charge < -0.3 is 0 Å². The molecule has 0 bridgehead atoms. The molecule has 1 amide bonds. The van der Waals surface area contributed by atoms with Crippen molar-refractivity contribution in [1.29, 1.82) is 0 Å². The van der Waals surface area contributed by atoms with Crippen molar-refractivity contribution in [3.8, 4) is 11.1 Å². The maximum absolute atomic E-state index is 12.8. The van der Waals surface area contributed by atoms with Crippen LogP contribution in [0.5, 0.6) is 0 Å². The Bertz CT molecular complexity index is 998. The van der Waals surface area contributed by atoms with Gasteiger partial charge in [-0.3, -0.25) is 4.79 Å². The molecule has 1 N–H and O–H groups in total. The zero-order valence-corrected chi connectivity index (χ0v) is 14.5. The van der Waals surface area contributed by atoms with Gasteiger partial charge in [-0.05, 0) is 30.7 Å². The van der Waals surface area contributed by atoms with Gasteiger partial charge in [0.25, 0.3) is 15.9 Å². The zero-order valence-electron chi connectivity index (χ0n) is 13.6. The smallest absolute Gasteiger partial charge is 0.264 e. The highest BCUT2D eigenvalue weighted by Crippen LogP contribution is 2.28. The van der Waals surface area contributed by atoms with Gasteiger partial charge in [-0.15, -0.1) is 0 Å². The molecule has 0 heterocycles. The van der Waals surface area contributed by atoms with E-state index in [1.165, 1.54) is 6.07 Å². The predicted molar refractivity (Wildman–Crippen MR) is 97.7 cm³/mol. The maximum atomic E-state index is 12.8. The van der Waals surface area contributed by atoms with Crippen molar-refractivity contribution in [2.24, 2.45) is 0 Å². The molecule has 0 aliphatic carbocycles. The van der Waals surface area contributed by atoms with Crippen LogP contribution >= 0.6 is 0 Å². The lowest BCUT2D eigenvalue weighted by Gasteiger charge is -2.13. The molecule has 3 aromatic rings. The average Bonchev–Trinajstić information content (AvgIpc) is 2.62. The summed E-state index contributed by atoms with van der Waals surface area (Å²) in [5.41, 5.74) is 2.57. The molecule has 0 aliphatic rings. The van der Waals surface area contributed by atoms with Crippen molar-refractivity contribution < 1.29 is 13.2 Å². The molecule has 0 spiro atoms. The Morgan fingerprint density at radius 3 is 2.08 bits per heavy atom. The summed E-state index contributed by atoms with van der Waals surface area (Å²) in [5.74, 6) is -0.653. The Morgan fingerprint density at radius 1 is 0.840 bits per heavy atom. The quantitative estimate of drug-likeness (QED) is 0.778. The summed E-state index contributed by atoms with van der Waals surface area (Å²) in [6.07, 6.45) is 0. The van der Waals surface area contributed by atoms with E-state index in [9.17, 15) is 13.2 Å². The van der Waals surface area contributed by atoms with E-state index in [0.717, 1.165) is 11.1 Å². The first-order chi connectivity index (χ1) is 12.0. The van der Waals surface area contributed by atoms with E-state index in [4.69, 9.17) is 0 Å². The average molecular weight is 351 g/mol. The van der Waals surface area contributed by atoms with Crippen LogP contribution in [-0.2, 0) is 10.0 Å². The van der Waals surface area contributed by atoms with Crippen LogP contribution in [0.4, 0.5) is 0 Å². The van der Waals surface area contributed by atoms with E-state index in [-0.39, 0.29) is 4.90 Å². The monoisotopic (exact) mass is 351 g/mol. The second-order valence-corrected chi connectivity index (χ2v) is 7.32. The van der Waals surface area contributed by atoms with Crippen LogP contribution in [0.2, 0.25) is 0 Å². The fourth-order valence-electron chi connectivity index (χ4n) is 2.55. The molecule has 0 fully saturated rings. The summed E-state index contributed by atoms with van der Waals surface area (Å²) < 4.78 is 27.7. The molecule has 0 aliphatic heterocycles. The Labute approximate surface area is 147 Å². The Balaban J connectivity index is 2.02. The van der Waals surface area contributed by atoms with E-state index >= 15 is 0 Å². The number of rotatable bonds is 4. The number of carbonyl (C=O) groups excluding carboxylic acids is 1. The first-order valence-electron chi connectivity index (χ1n) is 7.76. The molecule has 0 radical (unpaired) electrons. The van der Waals surface area contributed by atoms with E-state index in [1.54, 1.807) is 42.5 Å². The number of sulfonamides is 1. The molecular weight excluding hydrogens is 334 g/mol. The van der Waals surface area contributed by atoms with Gasteiger partial charge in [0.05, 0.1) is 4.90 Å². The van der Waals surface area contributed by atoms with Crippen molar-refractivity contribution in [3.05, 3.63) is 90.0 Å². The molecule has 0 saturated heterocycles. The summed E-state index contributed by atoms with van der Waals surface area (Å²) in [4.78, 5) is 12.3. The second-order valence-electron chi connectivity index (χ2n) is 5.67. The molecule has 126 valence electrons. The summed E-state index contributed by atoms with van der Waals surface area (Å²) in [6, 6.07) is 22.5. The maximum Gasteiger partial charge on any atom is 0.264 e. The molecule has 3 rings (SSSR count). The molecule has 3 aromatic carbocycles. The van der Waals surface area contributed by atoms with Crippen LogP contribution in [-0.4, -0.2) is 14.3 Å². The van der Waals surface area contributed by atoms with Crippen molar-refractivity contribution >= 4 is 15.9 Å². The van der Waals surface area contributed by atoms with Gasteiger partial charge in [0.2, 0.25) is 0 Å².